The van der Waals surface area contributed by atoms with Gasteiger partial charge in [-0.25, -0.2) is 9.37 Å². The van der Waals surface area contributed by atoms with Crippen LogP contribution in [0.4, 0.5) is 4.39 Å². The minimum atomic E-state index is -4.29. The molecule has 2 aromatic heterocycles. The van der Waals surface area contributed by atoms with Gasteiger partial charge in [0.1, 0.15) is 11.5 Å². The molecule has 0 aliphatic rings. The van der Waals surface area contributed by atoms with E-state index in [2.05, 4.69) is 4.98 Å². The summed E-state index contributed by atoms with van der Waals surface area (Å²) >= 11 is 0. The Balaban J connectivity index is 2.39. The molecular weight excluding hydrogens is 330 g/mol. The first-order valence-corrected chi connectivity index (χ1v) is 9.36. The van der Waals surface area contributed by atoms with Crippen LogP contribution < -0.4 is 0 Å². The van der Waals surface area contributed by atoms with Gasteiger partial charge in [-0.2, -0.15) is 0 Å². The Bertz CT molecular complexity index is 929. The quantitative estimate of drug-likeness (QED) is 0.696. The van der Waals surface area contributed by atoms with E-state index in [9.17, 15) is 18.7 Å². The normalized spacial score (nSPS) is 12.2. The summed E-state index contributed by atoms with van der Waals surface area (Å²) in [6.45, 7) is 3.87. The molecule has 24 heavy (non-hydrogen) atoms. The minimum Gasteiger partial charge on any atom is -0.326 e. The van der Waals surface area contributed by atoms with E-state index >= 15 is 0 Å². The van der Waals surface area contributed by atoms with Crippen molar-refractivity contribution in [2.75, 3.05) is 0 Å². The number of aromatic nitrogens is 2. The van der Waals surface area contributed by atoms with Crippen molar-refractivity contribution in [1.82, 2.24) is 9.55 Å². The summed E-state index contributed by atoms with van der Waals surface area (Å²) in [5.74, 6) is -0.360. The number of fused-ring (bicyclic) bond motifs is 1. The zero-order chi connectivity index (χ0) is 17.5. The zero-order valence-electron chi connectivity index (χ0n) is 13.3. The van der Waals surface area contributed by atoms with Crippen molar-refractivity contribution in [2.45, 2.75) is 26.1 Å². The molecule has 3 rings (SSSR count). The van der Waals surface area contributed by atoms with Crippen LogP contribution in [-0.4, -0.2) is 19.3 Å². The van der Waals surface area contributed by atoms with Crippen LogP contribution in [0.25, 0.3) is 22.2 Å². The highest BCUT2D eigenvalue weighted by Gasteiger charge is 2.26. The van der Waals surface area contributed by atoms with E-state index in [0.717, 1.165) is 5.39 Å². The second-order valence-corrected chi connectivity index (χ2v) is 7.64. The molecule has 0 atom stereocenters. The van der Waals surface area contributed by atoms with E-state index in [1.165, 1.54) is 12.1 Å². The molecule has 0 spiro atoms. The molecule has 7 heteroatoms. The van der Waals surface area contributed by atoms with Crippen LogP contribution in [0.3, 0.4) is 0 Å². The average molecular weight is 348 g/mol. The molecule has 0 aliphatic carbocycles. The summed E-state index contributed by atoms with van der Waals surface area (Å²) in [6, 6.07) is 9.52. The monoisotopic (exact) mass is 348 g/mol. The first-order valence-electron chi connectivity index (χ1n) is 7.56. The van der Waals surface area contributed by atoms with Gasteiger partial charge in [0.15, 0.2) is 0 Å². The first kappa shape index (κ1) is 16.8. The maximum atomic E-state index is 13.3. The van der Waals surface area contributed by atoms with Crippen molar-refractivity contribution in [2.24, 2.45) is 0 Å². The lowest BCUT2D eigenvalue weighted by atomic mass is 10.0. The van der Waals surface area contributed by atoms with E-state index in [0.29, 0.717) is 22.5 Å². The van der Waals surface area contributed by atoms with Gasteiger partial charge in [0.2, 0.25) is 0 Å². The predicted molar refractivity (Wildman–Crippen MR) is 91.3 cm³/mol. The van der Waals surface area contributed by atoms with Crippen LogP contribution in [0, 0.1) is 5.82 Å². The van der Waals surface area contributed by atoms with E-state index in [1.54, 1.807) is 24.4 Å². The Hall–Kier alpha value is -2.01. The van der Waals surface area contributed by atoms with Crippen molar-refractivity contribution < 1.29 is 18.7 Å². The van der Waals surface area contributed by atoms with Crippen molar-refractivity contribution in [3.05, 3.63) is 54.1 Å². The van der Waals surface area contributed by atoms with Crippen LogP contribution in [0.15, 0.2) is 42.6 Å². The summed E-state index contributed by atoms with van der Waals surface area (Å²) in [7, 11) is -4.29. The molecule has 0 radical (unpaired) electrons. The average Bonchev–Trinajstić information content (AvgIpc) is 2.80. The molecule has 5 nitrogen and oxygen atoms in total. The number of hydrogen-bond acceptors (Lipinski definition) is 2. The third-order valence-corrected chi connectivity index (χ3v) is 4.58. The van der Waals surface area contributed by atoms with Crippen molar-refractivity contribution in [1.29, 1.82) is 0 Å². The summed E-state index contributed by atoms with van der Waals surface area (Å²) in [4.78, 5) is 23.5. The van der Waals surface area contributed by atoms with E-state index < -0.39 is 13.8 Å². The molecule has 2 heterocycles. The predicted octanol–water partition coefficient (Wildman–Crippen LogP) is 4.10. The van der Waals surface area contributed by atoms with Gasteiger partial charge in [0.05, 0.1) is 6.16 Å². The molecule has 1 aromatic carbocycles. The van der Waals surface area contributed by atoms with E-state index in [1.807, 2.05) is 24.5 Å². The van der Waals surface area contributed by atoms with Crippen LogP contribution in [0.2, 0.25) is 0 Å². The molecule has 0 fully saturated rings. The molecule has 0 saturated carbocycles. The lowest BCUT2D eigenvalue weighted by Crippen LogP contribution is -2.07. The molecule has 2 N–H and O–H groups in total. The van der Waals surface area contributed by atoms with E-state index in [-0.39, 0.29) is 11.9 Å². The second-order valence-electron chi connectivity index (χ2n) is 5.99. The first-order chi connectivity index (χ1) is 11.3. The fraction of sp³-hybridized carbons (Fsp3) is 0.235. The molecule has 3 aromatic rings. The number of halogens is 1. The molecule has 0 aliphatic heterocycles. The molecule has 126 valence electrons. The van der Waals surface area contributed by atoms with Gasteiger partial charge in [-0.05, 0) is 43.7 Å². The van der Waals surface area contributed by atoms with Crippen molar-refractivity contribution in [3.8, 4) is 11.1 Å². The Kier molecular flexibility index (Phi) is 4.30. The Morgan fingerprint density at radius 2 is 1.88 bits per heavy atom. The standard InChI is InChI=1S/C17H18FN2O3P/c1-11(2)20-15(10-24(21,22)23)16(12-5-7-13(18)8-6-12)14-4-3-9-19-17(14)20/h3-9,11H,10H2,1-2H3,(H2,21,22,23). The Morgan fingerprint density at radius 1 is 1.21 bits per heavy atom. The molecule has 0 unspecified atom stereocenters. The van der Waals surface area contributed by atoms with Crippen molar-refractivity contribution >= 4 is 18.6 Å². The van der Waals surface area contributed by atoms with Crippen LogP contribution in [0.5, 0.6) is 0 Å². The van der Waals surface area contributed by atoms with Gasteiger partial charge < -0.3 is 14.4 Å². The highest BCUT2D eigenvalue weighted by atomic mass is 31.2. The Morgan fingerprint density at radius 3 is 2.46 bits per heavy atom. The summed E-state index contributed by atoms with van der Waals surface area (Å²) in [5.41, 5.74) is 2.57. The highest BCUT2D eigenvalue weighted by Crippen LogP contribution is 2.45. The summed E-state index contributed by atoms with van der Waals surface area (Å²) < 4.78 is 26.8. The number of pyridine rings is 1. The Labute approximate surface area is 138 Å². The SMILES string of the molecule is CC(C)n1c(CP(=O)(O)O)c(-c2ccc(F)cc2)c2cccnc21. The number of hydrogen-bond donors (Lipinski definition) is 2. The smallest absolute Gasteiger partial charge is 0.326 e. The summed E-state index contributed by atoms with van der Waals surface area (Å²) in [6.07, 6.45) is 1.26. The largest absolute Gasteiger partial charge is 0.331 e. The van der Waals surface area contributed by atoms with Gasteiger partial charge in [-0.3, -0.25) is 4.57 Å². The van der Waals surface area contributed by atoms with Gasteiger partial charge in [-0.15, -0.1) is 0 Å². The fourth-order valence-electron chi connectivity index (χ4n) is 3.03. The second kappa shape index (κ2) is 6.13. The highest BCUT2D eigenvalue weighted by molar-refractivity contribution is 7.50. The van der Waals surface area contributed by atoms with Crippen LogP contribution in [-0.2, 0) is 10.7 Å². The lowest BCUT2D eigenvalue weighted by Gasteiger charge is -2.16. The maximum absolute atomic E-state index is 13.3. The maximum Gasteiger partial charge on any atom is 0.331 e. The van der Waals surface area contributed by atoms with E-state index in [4.69, 9.17) is 0 Å². The number of benzene rings is 1. The topological polar surface area (TPSA) is 75.4 Å². The van der Waals surface area contributed by atoms with Crippen LogP contribution in [0.1, 0.15) is 25.6 Å². The fourth-order valence-corrected chi connectivity index (χ4v) is 3.73. The van der Waals surface area contributed by atoms with Gasteiger partial charge in [0.25, 0.3) is 0 Å². The van der Waals surface area contributed by atoms with Gasteiger partial charge >= 0.3 is 7.60 Å². The van der Waals surface area contributed by atoms with Gasteiger partial charge in [-0.1, -0.05) is 12.1 Å². The molecule has 0 saturated heterocycles. The third-order valence-electron chi connectivity index (χ3n) is 3.87. The van der Waals surface area contributed by atoms with Crippen molar-refractivity contribution in [3.63, 3.8) is 0 Å². The molecule has 0 amide bonds. The zero-order valence-corrected chi connectivity index (χ0v) is 14.2. The lowest BCUT2D eigenvalue weighted by molar-refractivity contribution is 0.370. The summed E-state index contributed by atoms with van der Waals surface area (Å²) in [5, 5.41) is 0.793. The van der Waals surface area contributed by atoms with Gasteiger partial charge in [0, 0.05) is 28.9 Å². The number of rotatable bonds is 4. The molecule has 0 bridgehead atoms. The third kappa shape index (κ3) is 3.13. The minimum absolute atomic E-state index is 0.0295. The molecular formula is C17H18FN2O3P. The van der Waals surface area contributed by atoms with Crippen LogP contribution >= 0.6 is 7.60 Å². The number of nitrogens with zero attached hydrogens (tertiary/aromatic N) is 2.